The standard InChI is InChI=1S/C51H35N3/c1-3-12-36(13-4-1)37-25-27-43(28-26-37)54(44-29-31-52-32-30-44)45-18-11-17-41(34-45)38-21-23-39(24-22-38)47-35-42-16-7-8-19-46(42)50-49(40-14-5-2-6-15-40)48-20-9-10-33-53(48)51(47)50/h1-35H. The highest BCUT2D eigenvalue weighted by Crippen LogP contribution is 2.44. The van der Waals surface area contributed by atoms with Gasteiger partial charge in [-0.1, -0.05) is 140 Å². The predicted octanol–water partition coefficient (Wildman–Crippen LogP) is 13.8. The Morgan fingerprint density at radius 2 is 1.00 bits per heavy atom. The van der Waals surface area contributed by atoms with Gasteiger partial charge >= 0.3 is 0 Å². The molecule has 3 heterocycles. The highest BCUT2D eigenvalue weighted by Gasteiger charge is 2.20. The highest BCUT2D eigenvalue weighted by atomic mass is 15.1. The molecule has 0 amide bonds. The summed E-state index contributed by atoms with van der Waals surface area (Å²) in [5.74, 6) is 0. The molecule has 0 radical (unpaired) electrons. The molecule has 0 aliphatic heterocycles. The second-order valence-corrected chi connectivity index (χ2v) is 13.6. The third kappa shape index (κ3) is 5.51. The SMILES string of the molecule is c1ccc(-c2ccc(N(c3ccncc3)c3cccc(-c4ccc(-c5cc6ccccc6c6c(-c7ccccc7)c7ccccn7c56)cc4)c3)cc2)cc1. The van der Waals surface area contributed by atoms with Gasteiger partial charge in [-0.05, 0) is 98.8 Å². The summed E-state index contributed by atoms with van der Waals surface area (Å²) in [5, 5.41) is 3.78. The third-order valence-electron chi connectivity index (χ3n) is 10.5. The van der Waals surface area contributed by atoms with Gasteiger partial charge < -0.3 is 9.30 Å². The molecule has 7 aromatic carbocycles. The molecule has 0 aliphatic rings. The van der Waals surface area contributed by atoms with Crippen molar-refractivity contribution in [3.63, 3.8) is 0 Å². The number of pyridine rings is 2. The zero-order valence-electron chi connectivity index (χ0n) is 29.5. The third-order valence-corrected chi connectivity index (χ3v) is 10.5. The lowest BCUT2D eigenvalue weighted by Gasteiger charge is -2.26. The fourth-order valence-electron chi connectivity index (χ4n) is 7.97. The number of nitrogens with zero attached hydrogens (tertiary/aromatic N) is 3. The monoisotopic (exact) mass is 689 g/mol. The Morgan fingerprint density at radius 3 is 1.78 bits per heavy atom. The number of fused-ring (bicyclic) bond motifs is 5. The fraction of sp³-hybridized carbons (Fsp3) is 0. The molecule has 0 N–H and O–H groups in total. The minimum atomic E-state index is 1.06. The second kappa shape index (κ2) is 13.4. The average molecular weight is 690 g/mol. The molecule has 0 spiro atoms. The maximum Gasteiger partial charge on any atom is 0.0620 e. The van der Waals surface area contributed by atoms with Gasteiger partial charge in [-0.3, -0.25) is 4.98 Å². The Hall–Kier alpha value is -7.23. The van der Waals surface area contributed by atoms with E-state index >= 15 is 0 Å². The van der Waals surface area contributed by atoms with Crippen LogP contribution in [0.2, 0.25) is 0 Å². The molecule has 0 atom stereocenters. The molecule has 0 unspecified atom stereocenters. The molecule has 10 rings (SSSR count). The summed E-state index contributed by atoms with van der Waals surface area (Å²) in [7, 11) is 0. The lowest BCUT2D eigenvalue weighted by atomic mass is 9.93. The Kier molecular flexibility index (Phi) is 7.81. The lowest BCUT2D eigenvalue weighted by Crippen LogP contribution is -2.10. The van der Waals surface area contributed by atoms with E-state index in [4.69, 9.17) is 0 Å². The zero-order valence-corrected chi connectivity index (χ0v) is 29.5. The first kappa shape index (κ1) is 31.5. The summed E-state index contributed by atoms with van der Waals surface area (Å²) in [5.41, 5.74) is 15.3. The van der Waals surface area contributed by atoms with Crippen LogP contribution in [-0.2, 0) is 0 Å². The Balaban J connectivity index is 1.07. The topological polar surface area (TPSA) is 20.5 Å². The normalized spacial score (nSPS) is 11.3. The molecule has 0 saturated heterocycles. The summed E-state index contributed by atoms with van der Waals surface area (Å²) in [6.07, 6.45) is 5.90. The number of rotatable bonds is 7. The van der Waals surface area contributed by atoms with Gasteiger partial charge in [0.25, 0.3) is 0 Å². The van der Waals surface area contributed by atoms with Gasteiger partial charge in [0, 0.05) is 52.2 Å². The first-order valence-electron chi connectivity index (χ1n) is 18.4. The molecule has 3 heteroatoms. The van der Waals surface area contributed by atoms with Crippen LogP contribution in [0.3, 0.4) is 0 Å². The van der Waals surface area contributed by atoms with Crippen LogP contribution in [-0.4, -0.2) is 9.38 Å². The maximum atomic E-state index is 4.31. The summed E-state index contributed by atoms with van der Waals surface area (Å²) < 4.78 is 2.37. The number of benzene rings is 7. The minimum Gasteiger partial charge on any atom is -0.315 e. The zero-order chi connectivity index (χ0) is 35.8. The molecule has 0 bridgehead atoms. The van der Waals surface area contributed by atoms with Crippen LogP contribution in [0.5, 0.6) is 0 Å². The van der Waals surface area contributed by atoms with Crippen LogP contribution >= 0.6 is 0 Å². The number of anilines is 3. The van der Waals surface area contributed by atoms with Gasteiger partial charge in [0.2, 0.25) is 0 Å². The Labute approximate surface area is 314 Å². The summed E-state index contributed by atoms with van der Waals surface area (Å²) in [6.45, 7) is 0. The Morgan fingerprint density at radius 1 is 0.407 bits per heavy atom. The van der Waals surface area contributed by atoms with E-state index in [1.807, 2.05) is 12.4 Å². The fourth-order valence-corrected chi connectivity index (χ4v) is 7.97. The van der Waals surface area contributed by atoms with Crippen molar-refractivity contribution in [1.29, 1.82) is 0 Å². The number of hydrogen-bond donors (Lipinski definition) is 0. The van der Waals surface area contributed by atoms with Crippen LogP contribution < -0.4 is 4.90 Å². The van der Waals surface area contributed by atoms with Gasteiger partial charge in [0.1, 0.15) is 0 Å². The largest absolute Gasteiger partial charge is 0.315 e. The second-order valence-electron chi connectivity index (χ2n) is 13.6. The minimum absolute atomic E-state index is 1.06. The molecule has 54 heavy (non-hydrogen) atoms. The predicted molar refractivity (Wildman–Crippen MR) is 227 cm³/mol. The van der Waals surface area contributed by atoms with Crippen molar-refractivity contribution < 1.29 is 0 Å². The van der Waals surface area contributed by atoms with Gasteiger partial charge in [0.05, 0.1) is 11.0 Å². The van der Waals surface area contributed by atoms with Crippen molar-refractivity contribution in [1.82, 2.24) is 9.38 Å². The van der Waals surface area contributed by atoms with Crippen molar-refractivity contribution in [2.45, 2.75) is 0 Å². The lowest BCUT2D eigenvalue weighted by molar-refractivity contribution is 1.24. The molecule has 3 nitrogen and oxygen atoms in total. The molecule has 10 aromatic rings. The van der Waals surface area contributed by atoms with Gasteiger partial charge in [-0.15, -0.1) is 0 Å². The van der Waals surface area contributed by atoms with Gasteiger partial charge in [0.15, 0.2) is 0 Å². The van der Waals surface area contributed by atoms with Crippen LogP contribution in [0, 0.1) is 0 Å². The van der Waals surface area contributed by atoms with E-state index in [1.54, 1.807) is 0 Å². The van der Waals surface area contributed by atoms with Crippen molar-refractivity contribution in [2.75, 3.05) is 4.90 Å². The molecular formula is C51H35N3. The van der Waals surface area contributed by atoms with Crippen molar-refractivity contribution >= 4 is 44.3 Å². The maximum absolute atomic E-state index is 4.31. The molecule has 3 aromatic heterocycles. The summed E-state index contributed by atoms with van der Waals surface area (Å²) in [6, 6.07) is 69.7. The molecule has 0 saturated carbocycles. The molecule has 0 fully saturated rings. The van der Waals surface area contributed by atoms with Crippen LogP contribution in [0.15, 0.2) is 213 Å². The summed E-state index contributed by atoms with van der Waals surface area (Å²) in [4.78, 5) is 6.60. The summed E-state index contributed by atoms with van der Waals surface area (Å²) >= 11 is 0. The quantitative estimate of drug-likeness (QED) is 0.166. The molecule has 0 aliphatic carbocycles. The molecule has 254 valence electrons. The highest BCUT2D eigenvalue weighted by molar-refractivity contribution is 6.22. The van der Waals surface area contributed by atoms with E-state index < -0.39 is 0 Å². The average Bonchev–Trinajstić information content (AvgIpc) is 3.61. The van der Waals surface area contributed by atoms with Gasteiger partial charge in [-0.25, -0.2) is 0 Å². The van der Waals surface area contributed by atoms with Crippen LogP contribution in [0.4, 0.5) is 17.1 Å². The first-order chi connectivity index (χ1) is 26.8. The van der Waals surface area contributed by atoms with Crippen molar-refractivity contribution in [2.24, 2.45) is 0 Å². The van der Waals surface area contributed by atoms with Crippen LogP contribution in [0.1, 0.15) is 0 Å². The van der Waals surface area contributed by atoms with Crippen molar-refractivity contribution in [3.8, 4) is 44.5 Å². The van der Waals surface area contributed by atoms with E-state index in [9.17, 15) is 0 Å². The molecular weight excluding hydrogens is 655 g/mol. The van der Waals surface area contributed by atoms with E-state index in [0.717, 1.165) is 28.2 Å². The van der Waals surface area contributed by atoms with E-state index in [1.165, 1.54) is 60.6 Å². The van der Waals surface area contributed by atoms with Crippen molar-refractivity contribution in [3.05, 3.63) is 213 Å². The van der Waals surface area contributed by atoms with E-state index in [0.29, 0.717) is 0 Å². The smallest absolute Gasteiger partial charge is 0.0620 e. The Bertz CT molecular complexity index is 2900. The number of hydrogen-bond acceptors (Lipinski definition) is 2. The first-order valence-corrected chi connectivity index (χ1v) is 18.4. The van der Waals surface area contributed by atoms with E-state index in [-0.39, 0.29) is 0 Å². The number of aromatic nitrogens is 2. The van der Waals surface area contributed by atoms with E-state index in [2.05, 4.69) is 215 Å². The van der Waals surface area contributed by atoms with Crippen LogP contribution in [0.25, 0.3) is 71.7 Å². The van der Waals surface area contributed by atoms with Gasteiger partial charge in [-0.2, -0.15) is 0 Å².